The zero-order valence-corrected chi connectivity index (χ0v) is 11.7. The maximum absolute atomic E-state index is 3.78. The van der Waals surface area contributed by atoms with Crippen molar-refractivity contribution in [2.45, 2.75) is 25.1 Å². The van der Waals surface area contributed by atoms with Gasteiger partial charge in [0.25, 0.3) is 0 Å². The van der Waals surface area contributed by atoms with Gasteiger partial charge in [-0.3, -0.25) is 0 Å². The predicted molar refractivity (Wildman–Crippen MR) is 73.2 cm³/mol. The van der Waals surface area contributed by atoms with Gasteiger partial charge in [0, 0.05) is 10.6 Å². The maximum Gasteiger partial charge on any atom is 0.0275 e. The first kappa shape index (κ1) is 11.5. The first-order valence-corrected chi connectivity index (χ1v) is 7.51. The predicted octanol–water partition coefficient (Wildman–Crippen LogP) is 3.97. The second-order valence-corrected chi connectivity index (χ2v) is 6.76. The Bertz CT molecular complexity index is 328. The van der Waals surface area contributed by atoms with Gasteiger partial charge in [-0.1, -0.05) is 45.3 Å². The Morgan fingerprint density at radius 1 is 1.20 bits per heavy atom. The van der Waals surface area contributed by atoms with Crippen molar-refractivity contribution in [1.29, 1.82) is 0 Å². The van der Waals surface area contributed by atoms with Crippen molar-refractivity contribution in [3.63, 3.8) is 0 Å². The average molecular weight is 285 g/mol. The van der Waals surface area contributed by atoms with Crippen molar-refractivity contribution in [3.8, 4) is 0 Å². The molecule has 0 radical (unpaired) electrons. The van der Waals surface area contributed by atoms with E-state index in [-0.39, 0.29) is 0 Å². The molecule has 0 nitrogen and oxygen atoms in total. The molecule has 2 atom stereocenters. The van der Waals surface area contributed by atoms with Crippen LogP contribution in [0.3, 0.4) is 0 Å². The van der Waals surface area contributed by atoms with Gasteiger partial charge in [0.1, 0.15) is 0 Å². The van der Waals surface area contributed by atoms with Crippen molar-refractivity contribution >= 4 is 27.7 Å². The van der Waals surface area contributed by atoms with E-state index in [0.717, 1.165) is 5.92 Å². The number of hydrogen-bond donors (Lipinski definition) is 0. The van der Waals surface area contributed by atoms with Crippen LogP contribution >= 0.6 is 27.7 Å². The van der Waals surface area contributed by atoms with E-state index < -0.39 is 0 Å². The van der Waals surface area contributed by atoms with Gasteiger partial charge in [-0.05, 0) is 37.5 Å². The van der Waals surface area contributed by atoms with Crippen LogP contribution in [-0.4, -0.2) is 16.3 Å². The van der Waals surface area contributed by atoms with Gasteiger partial charge < -0.3 is 0 Å². The fourth-order valence-electron chi connectivity index (χ4n) is 2.25. The number of alkyl halides is 1. The summed E-state index contributed by atoms with van der Waals surface area (Å²) in [5, 5.41) is 0. The van der Waals surface area contributed by atoms with E-state index in [1.54, 1.807) is 0 Å². The zero-order valence-electron chi connectivity index (χ0n) is 9.29. The van der Waals surface area contributed by atoms with Crippen LogP contribution in [0.2, 0.25) is 0 Å². The van der Waals surface area contributed by atoms with E-state index in [1.165, 1.54) is 34.6 Å². The second kappa shape index (κ2) is 4.92. The van der Waals surface area contributed by atoms with Crippen molar-refractivity contribution in [2.75, 3.05) is 11.5 Å². The molecule has 2 heteroatoms. The highest BCUT2D eigenvalue weighted by Crippen LogP contribution is 2.32. The first-order chi connectivity index (χ1) is 7.15. The standard InChI is InChI=1S/C13H17BrS/c1-9-3-10(2)5-11(4-9)6-12-7-15-8-13(12)14/h3-5,12-13H,6-8H2,1-2H3. The summed E-state index contributed by atoms with van der Waals surface area (Å²) in [7, 11) is 0. The van der Waals surface area contributed by atoms with Gasteiger partial charge >= 0.3 is 0 Å². The van der Waals surface area contributed by atoms with Crippen LogP contribution in [0.15, 0.2) is 18.2 Å². The normalized spacial score (nSPS) is 25.8. The molecule has 0 aliphatic carbocycles. The Morgan fingerprint density at radius 3 is 2.40 bits per heavy atom. The summed E-state index contributed by atoms with van der Waals surface area (Å²) in [4.78, 5) is 0.711. The van der Waals surface area contributed by atoms with E-state index in [4.69, 9.17) is 0 Å². The van der Waals surface area contributed by atoms with Crippen LogP contribution in [0.5, 0.6) is 0 Å². The lowest BCUT2D eigenvalue weighted by atomic mass is 9.96. The van der Waals surface area contributed by atoms with Crippen LogP contribution in [0, 0.1) is 19.8 Å². The monoisotopic (exact) mass is 284 g/mol. The lowest BCUT2D eigenvalue weighted by Gasteiger charge is -2.13. The van der Waals surface area contributed by atoms with Gasteiger partial charge in [-0.2, -0.15) is 11.8 Å². The highest BCUT2D eigenvalue weighted by Gasteiger charge is 2.25. The van der Waals surface area contributed by atoms with Crippen LogP contribution < -0.4 is 0 Å². The highest BCUT2D eigenvalue weighted by molar-refractivity contribution is 9.09. The Morgan fingerprint density at radius 2 is 1.87 bits per heavy atom. The minimum Gasteiger partial charge on any atom is -0.160 e. The molecule has 82 valence electrons. The van der Waals surface area contributed by atoms with Crippen LogP contribution in [0.1, 0.15) is 16.7 Å². The Kier molecular flexibility index (Phi) is 3.78. The summed E-state index contributed by atoms with van der Waals surface area (Å²) in [5.74, 6) is 3.40. The molecule has 1 saturated heterocycles. The molecule has 0 spiro atoms. The number of rotatable bonds is 2. The van der Waals surface area contributed by atoms with E-state index in [0.29, 0.717) is 4.83 Å². The average Bonchev–Trinajstić information content (AvgIpc) is 2.50. The molecule has 0 saturated carbocycles. The van der Waals surface area contributed by atoms with E-state index >= 15 is 0 Å². The summed E-state index contributed by atoms with van der Waals surface area (Å²) in [6.45, 7) is 4.37. The molecule has 1 aromatic carbocycles. The Balaban J connectivity index is 2.10. The lowest BCUT2D eigenvalue weighted by molar-refractivity contribution is 0.616. The summed E-state index contributed by atoms with van der Waals surface area (Å²) >= 11 is 5.85. The van der Waals surface area contributed by atoms with Crippen molar-refractivity contribution in [2.24, 2.45) is 5.92 Å². The third-order valence-electron chi connectivity index (χ3n) is 2.90. The second-order valence-electron chi connectivity index (χ2n) is 4.51. The molecule has 0 aromatic heterocycles. The number of halogens is 1. The number of thioether (sulfide) groups is 1. The van der Waals surface area contributed by atoms with Gasteiger partial charge in [-0.15, -0.1) is 0 Å². The molecule has 1 fully saturated rings. The van der Waals surface area contributed by atoms with Gasteiger partial charge in [0.15, 0.2) is 0 Å². The molecule has 1 aliphatic rings. The van der Waals surface area contributed by atoms with Crippen molar-refractivity contribution in [3.05, 3.63) is 34.9 Å². The van der Waals surface area contributed by atoms with E-state index in [2.05, 4.69) is 59.7 Å². The molecule has 1 aliphatic heterocycles. The smallest absolute Gasteiger partial charge is 0.0275 e. The third kappa shape index (κ3) is 3.01. The van der Waals surface area contributed by atoms with Gasteiger partial charge in [0.05, 0.1) is 0 Å². The van der Waals surface area contributed by atoms with Crippen LogP contribution in [0.4, 0.5) is 0 Å². The number of aryl methyl sites for hydroxylation is 2. The minimum atomic E-state index is 0.711. The summed E-state index contributed by atoms with van der Waals surface area (Å²) < 4.78 is 0. The largest absolute Gasteiger partial charge is 0.160 e. The van der Waals surface area contributed by atoms with Crippen molar-refractivity contribution < 1.29 is 0 Å². The number of benzene rings is 1. The molecule has 1 aromatic rings. The third-order valence-corrected chi connectivity index (χ3v) is 5.66. The van der Waals surface area contributed by atoms with Gasteiger partial charge in [-0.25, -0.2) is 0 Å². The summed E-state index contributed by atoms with van der Waals surface area (Å²) in [6, 6.07) is 6.91. The molecule has 2 unspecified atom stereocenters. The Hall–Kier alpha value is 0.0500. The molecule has 2 rings (SSSR count). The molecule has 0 bridgehead atoms. The minimum absolute atomic E-state index is 0.711. The SMILES string of the molecule is Cc1cc(C)cc(CC2CSCC2Br)c1. The van der Waals surface area contributed by atoms with Crippen molar-refractivity contribution in [1.82, 2.24) is 0 Å². The molecule has 0 amide bonds. The van der Waals surface area contributed by atoms with Gasteiger partial charge in [0.2, 0.25) is 0 Å². The Labute approximate surface area is 105 Å². The van der Waals surface area contributed by atoms with Crippen LogP contribution in [-0.2, 0) is 6.42 Å². The van der Waals surface area contributed by atoms with Crippen LogP contribution in [0.25, 0.3) is 0 Å². The lowest BCUT2D eigenvalue weighted by Crippen LogP contribution is -2.14. The summed E-state index contributed by atoms with van der Waals surface area (Å²) in [5.41, 5.74) is 4.29. The topological polar surface area (TPSA) is 0 Å². The quantitative estimate of drug-likeness (QED) is 0.741. The number of hydrogen-bond acceptors (Lipinski definition) is 1. The fourth-order valence-corrected chi connectivity index (χ4v) is 4.72. The van der Waals surface area contributed by atoms with E-state index in [9.17, 15) is 0 Å². The first-order valence-electron chi connectivity index (χ1n) is 5.44. The fraction of sp³-hybridized carbons (Fsp3) is 0.538. The summed E-state index contributed by atoms with van der Waals surface area (Å²) in [6.07, 6.45) is 1.23. The molecular weight excluding hydrogens is 268 g/mol. The zero-order chi connectivity index (χ0) is 10.8. The van der Waals surface area contributed by atoms with E-state index in [1.807, 2.05) is 0 Å². The maximum atomic E-state index is 3.78. The highest BCUT2D eigenvalue weighted by atomic mass is 79.9. The molecular formula is C13H17BrS. The molecule has 0 N–H and O–H groups in total. The molecule has 15 heavy (non-hydrogen) atoms. The molecule has 1 heterocycles.